The molecule has 30 heavy (non-hydrogen) atoms. The fraction of sp³-hybridized carbons (Fsp3) is 0.217. The molecule has 3 aromatic rings. The van der Waals surface area contributed by atoms with Gasteiger partial charge in [0.05, 0.1) is 18.4 Å². The second-order valence-corrected chi connectivity index (χ2v) is 6.89. The van der Waals surface area contributed by atoms with Gasteiger partial charge in [-0.15, -0.1) is 0 Å². The molecular weight excluding hydrogens is 380 g/mol. The normalized spacial score (nSPS) is 11.3. The van der Waals surface area contributed by atoms with Gasteiger partial charge in [-0.2, -0.15) is 5.10 Å². The van der Waals surface area contributed by atoms with Crippen molar-refractivity contribution in [1.82, 2.24) is 20.1 Å². The molecule has 0 saturated heterocycles. The zero-order valence-corrected chi connectivity index (χ0v) is 17.0. The lowest BCUT2D eigenvalue weighted by molar-refractivity contribution is -0.144. The van der Waals surface area contributed by atoms with E-state index in [0.29, 0.717) is 11.1 Å². The van der Waals surface area contributed by atoms with Crippen LogP contribution in [-0.4, -0.2) is 39.8 Å². The molecule has 7 nitrogen and oxygen atoms in total. The Labute approximate surface area is 175 Å². The Hall–Kier alpha value is -3.92. The number of ether oxygens (including phenoxy) is 1. The molecule has 2 aromatic heterocycles. The average Bonchev–Trinajstić information content (AvgIpc) is 3.30. The number of carbonyl (C=O) groups excluding carboxylic acids is 2. The van der Waals surface area contributed by atoms with Crippen LogP contribution in [0.15, 0.2) is 61.2 Å². The topological polar surface area (TPSA) is 86.1 Å². The molecule has 0 unspecified atom stereocenters. The minimum Gasteiger partial charge on any atom is -0.467 e. The molecule has 3 rings (SSSR count). The Kier molecular flexibility index (Phi) is 6.60. The maximum Gasteiger partial charge on any atom is 0.328 e. The molecule has 1 aromatic carbocycles. The van der Waals surface area contributed by atoms with Gasteiger partial charge in [-0.3, -0.25) is 9.78 Å². The predicted molar refractivity (Wildman–Crippen MR) is 112 cm³/mol. The van der Waals surface area contributed by atoms with Gasteiger partial charge in [0.2, 0.25) is 0 Å². The van der Waals surface area contributed by atoms with E-state index in [0.717, 1.165) is 11.3 Å². The summed E-state index contributed by atoms with van der Waals surface area (Å²) in [6.07, 6.45) is 6.82. The van der Waals surface area contributed by atoms with Crippen LogP contribution in [-0.2, 0) is 9.53 Å². The molecule has 0 saturated carbocycles. The molecule has 0 spiro atoms. The minimum absolute atomic E-state index is 0.116. The Balaban J connectivity index is 1.96. The number of hydrogen-bond acceptors (Lipinski definition) is 5. The highest BCUT2D eigenvalue weighted by Crippen LogP contribution is 2.16. The average molecular weight is 402 g/mol. The highest BCUT2D eigenvalue weighted by molar-refractivity contribution is 5.97. The fourth-order valence-electron chi connectivity index (χ4n) is 2.81. The molecule has 2 heterocycles. The highest BCUT2D eigenvalue weighted by Gasteiger charge is 2.25. The smallest absolute Gasteiger partial charge is 0.328 e. The summed E-state index contributed by atoms with van der Waals surface area (Å²) in [5.74, 6) is 5.18. The maximum atomic E-state index is 12.8. The van der Waals surface area contributed by atoms with Crippen LogP contribution < -0.4 is 5.32 Å². The maximum absolute atomic E-state index is 12.8. The molecule has 1 N–H and O–H groups in total. The summed E-state index contributed by atoms with van der Waals surface area (Å²) in [4.78, 5) is 28.8. The fourth-order valence-corrected chi connectivity index (χ4v) is 2.81. The second-order valence-electron chi connectivity index (χ2n) is 6.89. The first-order valence-corrected chi connectivity index (χ1v) is 9.44. The van der Waals surface area contributed by atoms with Gasteiger partial charge < -0.3 is 10.1 Å². The number of rotatable bonds is 5. The van der Waals surface area contributed by atoms with Crippen molar-refractivity contribution < 1.29 is 14.3 Å². The number of benzene rings is 1. The van der Waals surface area contributed by atoms with E-state index >= 15 is 0 Å². The quantitative estimate of drug-likeness (QED) is 0.524. The number of pyridine rings is 1. The summed E-state index contributed by atoms with van der Waals surface area (Å²) in [6.45, 7) is 3.68. The summed E-state index contributed by atoms with van der Waals surface area (Å²) >= 11 is 0. The van der Waals surface area contributed by atoms with Crippen LogP contribution in [0.2, 0.25) is 0 Å². The monoisotopic (exact) mass is 402 g/mol. The van der Waals surface area contributed by atoms with Gasteiger partial charge in [0.25, 0.3) is 5.91 Å². The Morgan fingerprint density at radius 3 is 2.60 bits per heavy atom. The first-order chi connectivity index (χ1) is 14.5. The third kappa shape index (κ3) is 4.92. The molecule has 0 bridgehead atoms. The van der Waals surface area contributed by atoms with Crippen molar-refractivity contribution in [2.45, 2.75) is 19.9 Å². The number of aromatic nitrogens is 3. The van der Waals surface area contributed by atoms with E-state index in [1.165, 1.54) is 7.11 Å². The van der Waals surface area contributed by atoms with Crippen molar-refractivity contribution >= 4 is 11.9 Å². The van der Waals surface area contributed by atoms with Crippen molar-refractivity contribution in [3.8, 4) is 17.5 Å². The van der Waals surface area contributed by atoms with Crippen LogP contribution in [0.5, 0.6) is 0 Å². The minimum atomic E-state index is -0.738. The number of carbonyl (C=O) groups is 2. The molecule has 0 aliphatic rings. The van der Waals surface area contributed by atoms with Crippen molar-refractivity contribution in [2.24, 2.45) is 5.92 Å². The number of amides is 1. The molecule has 0 aliphatic carbocycles. The van der Waals surface area contributed by atoms with E-state index in [2.05, 4.69) is 27.2 Å². The van der Waals surface area contributed by atoms with Gasteiger partial charge in [0, 0.05) is 35.9 Å². The summed E-state index contributed by atoms with van der Waals surface area (Å²) < 4.78 is 6.48. The van der Waals surface area contributed by atoms with E-state index in [1.807, 2.05) is 26.0 Å². The van der Waals surface area contributed by atoms with Gasteiger partial charge >= 0.3 is 5.97 Å². The second kappa shape index (κ2) is 9.52. The van der Waals surface area contributed by atoms with Gasteiger partial charge in [0.15, 0.2) is 0 Å². The summed E-state index contributed by atoms with van der Waals surface area (Å²) in [5.41, 5.74) is 2.50. The van der Waals surface area contributed by atoms with Crippen LogP contribution in [0.1, 0.15) is 35.3 Å². The van der Waals surface area contributed by atoms with Crippen LogP contribution >= 0.6 is 0 Å². The zero-order valence-electron chi connectivity index (χ0n) is 17.0. The van der Waals surface area contributed by atoms with Gasteiger partial charge in [-0.1, -0.05) is 25.7 Å². The lowest BCUT2D eigenvalue weighted by Crippen LogP contribution is -2.45. The molecule has 0 radical (unpaired) electrons. The van der Waals surface area contributed by atoms with E-state index in [-0.39, 0.29) is 11.8 Å². The lowest BCUT2D eigenvalue weighted by Gasteiger charge is -2.20. The summed E-state index contributed by atoms with van der Waals surface area (Å²) in [7, 11) is 1.30. The number of nitrogens with one attached hydrogen (secondary N) is 1. The molecule has 0 fully saturated rings. The number of methoxy groups -OCH3 is 1. The first-order valence-electron chi connectivity index (χ1n) is 9.44. The van der Waals surface area contributed by atoms with Crippen molar-refractivity contribution in [3.63, 3.8) is 0 Å². The highest BCUT2D eigenvalue weighted by atomic mass is 16.5. The van der Waals surface area contributed by atoms with Crippen molar-refractivity contribution in [2.75, 3.05) is 7.11 Å². The Morgan fingerprint density at radius 1 is 1.13 bits per heavy atom. The summed E-state index contributed by atoms with van der Waals surface area (Å²) in [5, 5.41) is 7.00. The number of esters is 1. The Bertz CT molecular complexity index is 1080. The molecule has 152 valence electrons. The zero-order chi connectivity index (χ0) is 21.5. The van der Waals surface area contributed by atoms with E-state index in [4.69, 9.17) is 4.74 Å². The Morgan fingerprint density at radius 2 is 1.97 bits per heavy atom. The first kappa shape index (κ1) is 20.8. The molecule has 1 amide bonds. The van der Waals surface area contributed by atoms with Crippen LogP contribution in [0.4, 0.5) is 0 Å². The predicted octanol–water partition coefficient (Wildman–Crippen LogP) is 2.59. The van der Waals surface area contributed by atoms with Gasteiger partial charge in [0.1, 0.15) is 6.04 Å². The molecular formula is C23H22N4O3. The summed E-state index contributed by atoms with van der Waals surface area (Å²) in [6, 6.07) is 9.87. The van der Waals surface area contributed by atoms with E-state index in [9.17, 15) is 9.59 Å². The van der Waals surface area contributed by atoms with Gasteiger partial charge in [-0.25, -0.2) is 9.48 Å². The number of nitrogens with zero attached hydrogens (tertiary/aromatic N) is 3. The van der Waals surface area contributed by atoms with Crippen molar-refractivity contribution in [3.05, 3.63) is 77.9 Å². The van der Waals surface area contributed by atoms with Crippen LogP contribution in [0.3, 0.4) is 0 Å². The third-order valence-corrected chi connectivity index (χ3v) is 4.42. The lowest BCUT2D eigenvalue weighted by atomic mass is 10.0. The van der Waals surface area contributed by atoms with Crippen LogP contribution in [0, 0.1) is 17.8 Å². The van der Waals surface area contributed by atoms with E-state index in [1.54, 1.807) is 53.7 Å². The molecule has 1 atom stereocenters. The molecule has 7 heteroatoms. The molecule has 0 aliphatic heterocycles. The van der Waals surface area contributed by atoms with Gasteiger partial charge in [-0.05, 0) is 42.3 Å². The SMILES string of the molecule is COC(=O)[C@H](NC(=O)c1ccc(-n2cccn2)c(C#Cc2cccnc2)c1)C(C)C. The van der Waals surface area contributed by atoms with Crippen LogP contribution in [0.25, 0.3) is 5.69 Å². The number of hydrogen-bond donors (Lipinski definition) is 1. The largest absolute Gasteiger partial charge is 0.467 e. The van der Waals surface area contributed by atoms with Crippen molar-refractivity contribution in [1.29, 1.82) is 0 Å². The van der Waals surface area contributed by atoms with E-state index < -0.39 is 12.0 Å². The standard InChI is InChI=1S/C23H22N4O3/c1-16(2)21(23(29)30-3)26-22(28)19-9-10-20(27-13-5-12-25-27)18(14-19)8-7-17-6-4-11-24-15-17/h4-6,9-16,21H,1-3H3,(H,26,28)/t21-/m1/s1. The third-order valence-electron chi connectivity index (χ3n) is 4.42.